The van der Waals surface area contributed by atoms with E-state index in [4.69, 9.17) is 26.8 Å². The Balaban J connectivity index is 2.12. The number of hydrogen-bond acceptors (Lipinski definition) is 6. The summed E-state index contributed by atoms with van der Waals surface area (Å²) in [4.78, 5) is 16.5. The van der Waals surface area contributed by atoms with E-state index >= 15 is 0 Å². The van der Waals surface area contributed by atoms with E-state index in [1.807, 2.05) is 6.07 Å². The van der Waals surface area contributed by atoms with E-state index in [-0.39, 0.29) is 23.6 Å². The number of nitrogens with two attached hydrogens (primary N) is 1. The molecule has 1 atom stereocenters. The number of halogens is 1. The van der Waals surface area contributed by atoms with Crippen molar-refractivity contribution in [1.29, 1.82) is 5.26 Å². The van der Waals surface area contributed by atoms with Crippen LogP contribution in [0.25, 0.3) is 5.69 Å². The Morgan fingerprint density at radius 2 is 2.30 bits per heavy atom. The third-order valence-electron chi connectivity index (χ3n) is 4.19. The molecule has 0 radical (unpaired) electrons. The molecule has 2 N–H and O–H groups in total. The summed E-state index contributed by atoms with van der Waals surface area (Å²) in [5.41, 5.74) is 7.61. The molecule has 0 fully saturated rings. The van der Waals surface area contributed by atoms with Crippen molar-refractivity contribution in [3.05, 3.63) is 70.3 Å². The van der Waals surface area contributed by atoms with Crippen LogP contribution in [0.3, 0.4) is 0 Å². The van der Waals surface area contributed by atoms with Gasteiger partial charge < -0.3 is 19.8 Å². The maximum atomic E-state index is 12.5. The SMILES string of the molecule is CCOC(=O)C1=C(C)OC(N)=C(C#N)C1c1ccc(-n2ccnc2)c(Cl)c1. The number of allylic oxidation sites excluding steroid dienone is 2. The van der Waals surface area contributed by atoms with E-state index in [1.54, 1.807) is 55.3 Å². The molecule has 0 aliphatic carbocycles. The zero-order chi connectivity index (χ0) is 19.6. The molecule has 0 saturated carbocycles. The number of rotatable bonds is 4. The quantitative estimate of drug-likeness (QED) is 0.812. The highest BCUT2D eigenvalue weighted by atomic mass is 35.5. The van der Waals surface area contributed by atoms with Gasteiger partial charge in [-0.3, -0.25) is 0 Å². The van der Waals surface area contributed by atoms with E-state index in [1.165, 1.54) is 0 Å². The first-order chi connectivity index (χ1) is 13.0. The summed E-state index contributed by atoms with van der Waals surface area (Å²) < 4.78 is 12.3. The molecule has 1 aliphatic rings. The van der Waals surface area contributed by atoms with Gasteiger partial charge in [-0.2, -0.15) is 5.26 Å². The lowest BCUT2D eigenvalue weighted by molar-refractivity contribution is -0.139. The van der Waals surface area contributed by atoms with Crippen LogP contribution in [0.2, 0.25) is 5.02 Å². The standard InChI is InChI=1S/C19H17ClN4O3/c1-3-26-19(25)16-11(2)27-18(22)13(9-21)17(16)12-4-5-15(14(20)8-12)24-7-6-23-10-24/h4-8,10,17H,3,22H2,1-2H3. The van der Waals surface area contributed by atoms with Gasteiger partial charge >= 0.3 is 5.97 Å². The van der Waals surface area contributed by atoms with Gasteiger partial charge in [-0.25, -0.2) is 9.78 Å². The zero-order valence-corrected chi connectivity index (χ0v) is 15.5. The maximum absolute atomic E-state index is 12.5. The number of nitriles is 1. The Hall–Kier alpha value is -3.24. The van der Waals surface area contributed by atoms with Gasteiger partial charge in [0.2, 0.25) is 5.88 Å². The first kappa shape index (κ1) is 18.5. The molecule has 1 aromatic carbocycles. The van der Waals surface area contributed by atoms with Crippen molar-refractivity contribution in [1.82, 2.24) is 9.55 Å². The Morgan fingerprint density at radius 1 is 1.52 bits per heavy atom. The van der Waals surface area contributed by atoms with Crippen LogP contribution in [-0.4, -0.2) is 22.1 Å². The average Bonchev–Trinajstić information content (AvgIpc) is 3.15. The van der Waals surface area contributed by atoms with Gasteiger partial charge in [-0.1, -0.05) is 17.7 Å². The summed E-state index contributed by atoms with van der Waals surface area (Å²) in [7, 11) is 0. The van der Waals surface area contributed by atoms with Gasteiger partial charge in [-0.05, 0) is 31.5 Å². The van der Waals surface area contributed by atoms with E-state index in [9.17, 15) is 10.1 Å². The average molecular weight is 385 g/mol. The molecule has 0 spiro atoms. The molecule has 3 rings (SSSR count). The lowest BCUT2D eigenvalue weighted by Crippen LogP contribution is -2.25. The fraction of sp³-hybridized carbons (Fsp3) is 0.211. The van der Waals surface area contributed by atoms with Crippen LogP contribution < -0.4 is 5.73 Å². The second kappa shape index (κ2) is 7.56. The largest absolute Gasteiger partial charge is 0.463 e. The predicted molar refractivity (Wildman–Crippen MR) is 98.6 cm³/mol. The summed E-state index contributed by atoms with van der Waals surface area (Å²) in [6, 6.07) is 7.32. The minimum absolute atomic E-state index is 0.0390. The lowest BCUT2D eigenvalue weighted by atomic mass is 9.83. The summed E-state index contributed by atoms with van der Waals surface area (Å²) in [6.45, 7) is 3.52. The van der Waals surface area contributed by atoms with E-state index in [0.717, 1.165) is 5.69 Å². The molecule has 0 saturated heterocycles. The third-order valence-corrected chi connectivity index (χ3v) is 4.49. The number of benzene rings is 1. The molecule has 0 bridgehead atoms. The van der Waals surface area contributed by atoms with Crippen molar-refractivity contribution < 1.29 is 14.3 Å². The summed E-state index contributed by atoms with van der Waals surface area (Å²) in [5, 5.41) is 10.0. The molecule has 7 nitrogen and oxygen atoms in total. The van der Waals surface area contributed by atoms with Gasteiger partial charge in [-0.15, -0.1) is 0 Å². The number of ether oxygens (including phenoxy) is 2. The molecular formula is C19H17ClN4O3. The molecule has 138 valence electrons. The molecule has 2 aromatic rings. The van der Waals surface area contributed by atoms with Crippen molar-refractivity contribution in [2.24, 2.45) is 5.73 Å². The molecule has 8 heteroatoms. The zero-order valence-electron chi connectivity index (χ0n) is 14.8. The van der Waals surface area contributed by atoms with E-state index in [0.29, 0.717) is 16.3 Å². The minimum atomic E-state index is -0.725. The summed E-state index contributed by atoms with van der Waals surface area (Å²) >= 11 is 6.45. The topological polar surface area (TPSA) is 103 Å². The van der Waals surface area contributed by atoms with Crippen LogP contribution in [0.5, 0.6) is 0 Å². The third kappa shape index (κ3) is 3.39. The molecule has 1 unspecified atom stereocenters. The number of aromatic nitrogens is 2. The molecule has 0 amide bonds. The monoisotopic (exact) mass is 384 g/mol. The fourth-order valence-electron chi connectivity index (χ4n) is 3.00. The van der Waals surface area contributed by atoms with Gasteiger partial charge in [0.15, 0.2) is 0 Å². The Kier molecular flexibility index (Phi) is 5.19. The molecule has 1 aliphatic heterocycles. The number of hydrogen-bond donors (Lipinski definition) is 1. The second-order valence-corrected chi connectivity index (χ2v) is 6.20. The van der Waals surface area contributed by atoms with Crippen molar-refractivity contribution in [3.63, 3.8) is 0 Å². The van der Waals surface area contributed by atoms with E-state index in [2.05, 4.69) is 4.98 Å². The highest BCUT2D eigenvalue weighted by Crippen LogP contribution is 2.40. The molecule has 27 heavy (non-hydrogen) atoms. The number of imidazole rings is 1. The number of carbonyl (C=O) groups excluding carboxylic acids is 1. The highest BCUT2D eigenvalue weighted by Gasteiger charge is 2.36. The number of esters is 1. The number of carbonyl (C=O) groups is 1. The van der Waals surface area contributed by atoms with Crippen LogP contribution in [-0.2, 0) is 14.3 Å². The van der Waals surface area contributed by atoms with E-state index < -0.39 is 11.9 Å². The first-order valence-corrected chi connectivity index (χ1v) is 8.59. The van der Waals surface area contributed by atoms with Crippen LogP contribution in [0.15, 0.2) is 59.7 Å². The van der Waals surface area contributed by atoms with Crippen molar-refractivity contribution in [2.75, 3.05) is 6.61 Å². The lowest BCUT2D eigenvalue weighted by Gasteiger charge is -2.27. The minimum Gasteiger partial charge on any atom is -0.463 e. The highest BCUT2D eigenvalue weighted by molar-refractivity contribution is 6.32. The second-order valence-electron chi connectivity index (χ2n) is 5.80. The van der Waals surface area contributed by atoms with Gasteiger partial charge in [0.1, 0.15) is 17.4 Å². The molecule has 2 heterocycles. The number of nitrogens with zero attached hydrogens (tertiary/aromatic N) is 3. The Bertz CT molecular complexity index is 987. The van der Waals surface area contributed by atoms with Gasteiger partial charge in [0, 0.05) is 12.4 Å². The fourth-order valence-corrected chi connectivity index (χ4v) is 3.29. The Labute approximate surface area is 161 Å². The van der Waals surface area contributed by atoms with Crippen molar-refractivity contribution in [2.45, 2.75) is 19.8 Å². The maximum Gasteiger partial charge on any atom is 0.338 e. The van der Waals surface area contributed by atoms with Crippen LogP contribution >= 0.6 is 11.6 Å². The smallest absolute Gasteiger partial charge is 0.338 e. The molecule has 1 aromatic heterocycles. The predicted octanol–water partition coefficient (Wildman–Crippen LogP) is 3.17. The van der Waals surface area contributed by atoms with Crippen LogP contribution in [0.4, 0.5) is 0 Å². The first-order valence-electron chi connectivity index (χ1n) is 8.21. The Morgan fingerprint density at radius 3 is 2.89 bits per heavy atom. The van der Waals surface area contributed by atoms with Crippen molar-refractivity contribution in [3.8, 4) is 11.8 Å². The summed E-state index contributed by atoms with van der Waals surface area (Å²) in [5.74, 6) is -1.03. The van der Waals surface area contributed by atoms with Crippen molar-refractivity contribution >= 4 is 17.6 Å². The van der Waals surface area contributed by atoms with Gasteiger partial charge in [0.25, 0.3) is 0 Å². The van der Waals surface area contributed by atoms with Gasteiger partial charge in [0.05, 0.1) is 35.1 Å². The van der Waals surface area contributed by atoms with Crippen LogP contribution in [0.1, 0.15) is 25.3 Å². The molecular weight excluding hydrogens is 368 g/mol. The summed E-state index contributed by atoms with van der Waals surface area (Å²) in [6.07, 6.45) is 5.04. The normalized spacial score (nSPS) is 16.7. The van der Waals surface area contributed by atoms with Crippen LogP contribution in [0, 0.1) is 11.3 Å².